The fourth-order valence-electron chi connectivity index (χ4n) is 6.30. The summed E-state index contributed by atoms with van der Waals surface area (Å²) in [4.78, 5) is 48.1. The number of rotatable bonds is 7. The number of nitrogens with zero attached hydrogens (tertiary/aromatic N) is 3. The first kappa shape index (κ1) is 27.4. The van der Waals surface area contributed by atoms with E-state index in [9.17, 15) is 14.4 Å². The minimum absolute atomic E-state index is 0.0114. The van der Waals surface area contributed by atoms with Gasteiger partial charge < -0.3 is 29.3 Å². The number of carbonyl (C=O) groups excluding carboxylic acids is 3. The summed E-state index contributed by atoms with van der Waals surface area (Å²) < 4.78 is 16.9. The highest BCUT2D eigenvalue weighted by Gasteiger charge is 2.41. The Balaban J connectivity index is 1.28. The molecule has 10 nitrogen and oxygen atoms in total. The van der Waals surface area contributed by atoms with Crippen molar-refractivity contribution in [3.63, 3.8) is 0 Å². The monoisotopic (exact) mass is 560 g/mol. The number of hydrogen-bond donors (Lipinski definition) is 1. The number of amides is 3. The number of anilines is 1. The molecular weight excluding hydrogens is 524 g/mol. The molecule has 2 saturated heterocycles. The molecule has 2 aliphatic carbocycles. The molecule has 5 aliphatic rings. The maximum absolute atomic E-state index is 13.8. The number of nitrogens with one attached hydrogen (secondary N) is 1. The quantitative estimate of drug-likeness (QED) is 0.545. The molecule has 3 heterocycles. The number of ether oxygens (including phenoxy) is 3. The lowest BCUT2D eigenvalue weighted by atomic mass is 9.85. The van der Waals surface area contributed by atoms with Crippen LogP contribution in [0.25, 0.3) is 0 Å². The summed E-state index contributed by atoms with van der Waals surface area (Å²) in [6.07, 6.45) is 8.43. The van der Waals surface area contributed by atoms with Crippen molar-refractivity contribution < 1.29 is 28.6 Å². The van der Waals surface area contributed by atoms with Gasteiger partial charge in [-0.1, -0.05) is 12.1 Å². The summed E-state index contributed by atoms with van der Waals surface area (Å²) in [6, 6.07) is 3.83. The largest absolute Gasteiger partial charge is 0.500 e. The summed E-state index contributed by atoms with van der Waals surface area (Å²) in [5, 5.41) is 3.14. The van der Waals surface area contributed by atoms with Crippen LogP contribution in [0.3, 0.4) is 0 Å². The molecule has 1 aromatic carbocycles. The van der Waals surface area contributed by atoms with Crippen LogP contribution in [0.5, 0.6) is 0 Å². The molecule has 0 radical (unpaired) electrons. The van der Waals surface area contributed by atoms with Gasteiger partial charge in [-0.15, -0.1) is 0 Å². The lowest BCUT2D eigenvalue weighted by molar-refractivity contribution is -0.120. The van der Waals surface area contributed by atoms with E-state index in [2.05, 4.69) is 21.3 Å². The molecule has 1 aromatic rings. The highest BCUT2D eigenvalue weighted by Crippen LogP contribution is 2.47. The molecule has 216 valence electrons. The van der Waals surface area contributed by atoms with Crippen molar-refractivity contribution in [3.05, 3.63) is 64.5 Å². The molecule has 1 N–H and O–H groups in total. The van der Waals surface area contributed by atoms with Crippen molar-refractivity contribution >= 4 is 29.1 Å². The number of dihydropyridines is 1. The van der Waals surface area contributed by atoms with Crippen LogP contribution in [-0.2, 0) is 23.8 Å². The molecule has 1 saturated carbocycles. The van der Waals surface area contributed by atoms with Crippen LogP contribution >= 0.6 is 0 Å². The third kappa shape index (κ3) is 5.34. The van der Waals surface area contributed by atoms with Gasteiger partial charge in [-0.3, -0.25) is 14.4 Å². The summed E-state index contributed by atoms with van der Waals surface area (Å²) >= 11 is 0. The lowest BCUT2D eigenvalue weighted by Gasteiger charge is -2.31. The Morgan fingerprint density at radius 1 is 1.12 bits per heavy atom. The second-order valence-electron chi connectivity index (χ2n) is 11.2. The van der Waals surface area contributed by atoms with Crippen LogP contribution in [0.4, 0.5) is 5.69 Å². The van der Waals surface area contributed by atoms with Crippen molar-refractivity contribution in [2.45, 2.75) is 37.8 Å². The molecule has 41 heavy (non-hydrogen) atoms. The molecule has 10 heteroatoms. The van der Waals surface area contributed by atoms with Crippen LogP contribution in [0.15, 0.2) is 52.8 Å². The Labute approximate surface area is 239 Å². The minimum atomic E-state index is -0.544. The van der Waals surface area contributed by atoms with E-state index < -0.39 is 11.8 Å². The Bertz CT molecular complexity index is 1380. The van der Waals surface area contributed by atoms with Gasteiger partial charge in [0.15, 0.2) is 0 Å². The van der Waals surface area contributed by atoms with Crippen LogP contribution in [-0.4, -0.2) is 94.1 Å². The van der Waals surface area contributed by atoms with Gasteiger partial charge in [0.1, 0.15) is 5.76 Å². The van der Waals surface area contributed by atoms with Gasteiger partial charge in [-0.05, 0) is 55.0 Å². The molecule has 3 amide bonds. The smallest absolute Gasteiger partial charge is 0.270 e. The number of carbonyl (C=O) groups is 3. The average molecular weight is 561 g/mol. The van der Waals surface area contributed by atoms with Crippen molar-refractivity contribution in [1.82, 2.24) is 10.2 Å². The fraction of sp³-hybridized carbons (Fsp3) is 0.484. The minimum Gasteiger partial charge on any atom is -0.500 e. The van der Waals surface area contributed by atoms with Crippen LogP contribution in [0, 0.1) is 12.8 Å². The van der Waals surface area contributed by atoms with E-state index in [1.54, 1.807) is 32.4 Å². The van der Waals surface area contributed by atoms with Crippen molar-refractivity contribution in [2.24, 2.45) is 10.9 Å². The predicted molar refractivity (Wildman–Crippen MR) is 153 cm³/mol. The zero-order valence-corrected chi connectivity index (χ0v) is 23.7. The number of benzene rings is 1. The maximum atomic E-state index is 13.8. The topological polar surface area (TPSA) is 110 Å². The number of aryl methyl sites for hydroxylation is 1. The normalized spacial score (nSPS) is 25.8. The van der Waals surface area contributed by atoms with Gasteiger partial charge in [0.05, 0.1) is 55.3 Å². The second-order valence-corrected chi connectivity index (χ2v) is 11.2. The van der Waals surface area contributed by atoms with E-state index in [-0.39, 0.29) is 24.0 Å². The molecular formula is C31H36N4O6. The number of aliphatic imine (C=N–C) groups is 1. The molecule has 6 rings (SSSR count). The van der Waals surface area contributed by atoms with E-state index >= 15 is 0 Å². The number of fused-ring (bicyclic) bond motifs is 1. The molecule has 3 fully saturated rings. The Morgan fingerprint density at radius 3 is 2.61 bits per heavy atom. The highest BCUT2D eigenvalue weighted by atomic mass is 16.5. The highest BCUT2D eigenvalue weighted by molar-refractivity contribution is 6.18. The molecule has 0 bridgehead atoms. The van der Waals surface area contributed by atoms with Gasteiger partial charge in [-0.25, -0.2) is 4.99 Å². The van der Waals surface area contributed by atoms with Crippen molar-refractivity contribution in [1.29, 1.82) is 0 Å². The summed E-state index contributed by atoms with van der Waals surface area (Å²) in [5.41, 5.74) is 4.67. The summed E-state index contributed by atoms with van der Waals surface area (Å²) in [6.45, 7) is 5.23. The van der Waals surface area contributed by atoms with Crippen molar-refractivity contribution in [3.8, 4) is 0 Å². The summed E-state index contributed by atoms with van der Waals surface area (Å²) in [5.74, 6) is -0.393. The van der Waals surface area contributed by atoms with Gasteiger partial charge >= 0.3 is 0 Å². The Morgan fingerprint density at radius 2 is 1.90 bits per heavy atom. The third-order valence-electron chi connectivity index (χ3n) is 8.47. The predicted octanol–water partition coefficient (Wildman–Crippen LogP) is 2.29. The Hall–Kier alpha value is -3.76. The SMILES string of the molecule is COC1=CC=CC2=NC(=O)C=C(C(=O)N[C@H]3CN(c4c(C(=O)N5CCOCC5)cc(C)cc4C4CC4)C[C@@H]3OC)C12. The molecule has 0 spiro atoms. The van der Waals surface area contributed by atoms with Crippen LogP contribution in [0.2, 0.25) is 0 Å². The molecule has 0 aromatic heterocycles. The fourth-order valence-corrected chi connectivity index (χ4v) is 6.30. The standard InChI is InChI=1S/C31H36N4O6/c1-18-13-20(19-7-8-19)29(22(14-18)31(38)34-9-11-41-12-10-34)35-16-24(26(17-35)40-3)33-30(37)21-15-27(36)32-23-5-4-6-25(39-2)28(21)23/h4-6,13-15,19,24,26,28H,7-12,16-17H2,1-3H3,(H,33,37)/t24-,26-,28?/m0/s1. The van der Waals surface area contributed by atoms with E-state index in [4.69, 9.17) is 14.2 Å². The lowest BCUT2D eigenvalue weighted by Crippen LogP contribution is -2.46. The van der Waals surface area contributed by atoms with E-state index in [0.717, 1.165) is 24.1 Å². The first-order chi connectivity index (χ1) is 19.9. The molecule has 3 aliphatic heterocycles. The van der Waals surface area contributed by atoms with Gasteiger partial charge in [0.2, 0.25) is 5.91 Å². The van der Waals surface area contributed by atoms with E-state index in [1.807, 2.05) is 17.9 Å². The average Bonchev–Trinajstić information content (AvgIpc) is 3.76. The molecule has 1 unspecified atom stereocenters. The maximum Gasteiger partial charge on any atom is 0.270 e. The van der Waals surface area contributed by atoms with Crippen LogP contribution < -0.4 is 10.2 Å². The van der Waals surface area contributed by atoms with E-state index in [1.165, 1.54) is 11.6 Å². The van der Waals surface area contributed by atoms with Gasteiger partial charge in [-0.2, -0.15) is 0 Å². The Kier molecular flexibility index (Phi) is 7.52. The first-order valence-corrected chi connectivity index (χ1v) is 14.2. The number of morpholine rings is 1. The number of hydrogen-bond acceptors (Lipinski definition) is 7. The van der Waals surface area contributed by atoms with Crippen molar-refractivity contribution in [2.75, 3.05) is 58.5 Å². The molecule has 3 atom stereocenters. The first-order valence-electron chi connectivity index (χ1n) is 14.2. The van der Waals surface area contributed by atoms with Gasteiger partial charge in [0, 0.05) is 44.9 Å². The number of allylic oxidation sites excluding steroid dienone is 4. The second kappa shape index (κ2) is 11.3. The van der Waals surface area contributed by atoms with Crippen LogP contribution in [0.1, 0.15) is 40.2 Å². The zero-order valence-electron chi connectivity index (χ0n) is 23.7. The zero-order chi connectivity index (χ0) is 28.7. The third-order valence-corrected chi connectivity index (χ3v) is 8.47. The van der Waals surface area contributed by atoms with E-state index in [0.29, 0.717) is 67.9 Å². The number of methoxy groups -OCH3 is 2. The summed E-state index contributed by atoms with van der Waals surface area (Å²) in [7, 11) is 3.18. The van der Waals surface area contributed by atoms with Gasteiger partial charge in [0.25, 0.3) is 11.8 Å².